The second-order valence-corrected chi connectivity index (χ2v) is 4.31. The standard InChI is InChI=1S/2C9H7.C2H4.CH3Br.Zr/c2*1-2-5-9-7-3-6-8(9)4-1;2*1-2;/h2*1-7H;1-2H2;1H3;/q2*-1;;;+2. The van der Waals surface area contributed by atoms with E-state index in [0.717, 1.165) is 0 Å². The van der Waals surface area contributed by atoms with Crippen molar-refractivity contribution in [2.75, 3.05) is 5.83 Å². The van der Waals surface area contributed by atoms with Crippen molar-refractivity contribution in [2.45, 2.75) is 0 Å². The second kappa shape index (κ2) is 13.2. The van der Waals surface area contributed by atoms with Gasteiger partial charge in [-0.1, -0.05) is 28.1 Å². The maximum atomic E-state index is 3.00. The molecule has 0 saturated carbocycles. The van der Waals surface area contributed by atoms with Crippen molar-refractivity contribution < 1.29 is 26.2 Å². The largest absolute Gasteiger partial charge is 2.00 e. The van der Waals surface area contributed by atoms with Crippen LogP contribution in [-0.2, 0) is 26.2 Å². The third kappa shape index (κ3) is 6.81. The molecule has 0 aliphatic carbocycles. The van der Waals surface area contributed by atoms with Gasteiger partial charge in [0.2, 0.25) is 0 Å². The molecule has 0 unspecified atom stereocenters. The molecule has 0 radical (unpaired) electrons. The van der Waals surface area contributed by atoms with Crippen LogP contribution in [0.4, 0.5) is 0 Å². The Balaban J connectivity index is 0.000000335. The average Bonchev–Trinajstić information content (AvgIpc) is 3.28. The molecule has 0 spiro atoms. The summed E-state index contributed by atoms with van der Waals surface area (Å²) in [5.74, 6) is 1.81. The third-order valence-electron chi connectivity index (χ3n) is 3.10. The van der Waals surface area contributed by atoms with E-state index < -0.39 is 0 Å². The van der Waals surface area contributed by atoms with Gasteiger partial charge in [0.1, 0.15) is 0 Å². The van der Waals surface area contributed by atoms with E-state index in [9.17, 15) is 0 Å². The Morgan fingerprint density at radius 2 is 1.00 bits per heavy atom. The topological polar surface area (TPSA) is 0 Å². The number of halogens is 1. The van der Waals surface area contributed by atoms with Crippen molar-refractivity contribution in [3.05, 3.63) is 98.1 Å². The maximum Gasteiger partial charge on any atom is 2.00 e. The molecule has 0 heterocycles. The van der Waals surface area contributed by atoms with Gasteiger partial charge >= 0.3 is 26.2 Å². The van der Waals surface area contributed by atoms with Gasteiger partial charge in [-0.15, -0.1) is 72.5 Å². The summed E-state index contributed by atoms with van der Waals surface area (Å²) in [4.78, 5) is 0. The molecule has 4 rings (SSSR count). The normalized spacial score (nSPS) is 8.43. The molecule has 23 heavy (non-hydrogen) atoms. The summed E-state index contributed by atoms with van der Waals surface area (Å²) in [5, 5.41) is 5.32. The van der Waals surface area contributed by atoms with Crippen LogP contribution in [0.15, 0.2) is 98.1 Å². The molecule has 0 saturated heterocycles. The first-order valence-electron chi connectivity index (χ1n) is 7.02. The SMILES string of the molecule is C=C.CBr.[Zr+2].c1ccc2[cH-]ccc2c1.c1ccc2[cH-]ccc2c1. The van der Waals surface area contributed by atoms with Crippen LogP contribution in [0.5, 0.6) is 0 Å². The molecule has 0 aliphatic heterocycles. The van der Waals surface area contributed by atoms with Crippen LogP contribution < -0.4 is 0 Å². The van der Waals surface area contributed by atoms with Crippen molar-refractivity contribution in [3.8, 4) is 0 Å². The molecule has 0 bridgehead atoms. The van der Waals surface area contributed by atoms with Gasteiger partial charge in [0.05, 0.1) is 0 Å². The van der Waals surface area contributed by atoms with Crippen molar-refractivity contribution >= 4 is 37.5 Å². The van der Waals surface area contributed by atoms with Crippen LogP contribution in [0.3, 0.4) is 0 Å². The third-order valence-corrected chi connectivity index (χ3v) is 3.10. The maximum absolute atomic E-state index is 3.00. The fourth-order valence-electron chi connectivity index (χ4n) is 2.14. The number of hydrogen-bond donors (Lipinski definition) is 0. The summed E-state index contributed by atoms with van der Waals surface area (Å²) >= 11 is 2.94. The Kier molecular flexibility index (Phi) is 12.5. The summed E-state index contributed by atoms with van der Waals surface area (Å²) in [7, 11) is 0. The van der Waals surface area contributed by atoms with Gasteiger partial charge in [-0.2, -0.15) is 35.0 Å². The van der Waals surface area contributed by atoms with E-state index in [2.05, 4.69) is 114 Å². The fourth-order valence-corrected chi connectivity index (χ4v) is 2.14. The Bertz CT molecular complexity index is 641. The Hall–Kier alpha value is -1.24. The van der Waals surface area contributed by atoms with Gasteiger partial charge < -0.3 is 0 Å². The van der Waals surface area contributed by atoms with Gasteiger partial charge in [-0.3, -0.25) is 0 Å². The molecule has 0 N–H and O–H groups in total. The van der Waals surface area contributed by atoms with Gasteiger partial charge in [0, 0.05) is 0 Å². The summed E-state index contributed by atoms with van der Waals surface area (Å²) in [5.41, 5.74) is 0. The van der Waals surface area contributed by atoms with Gasteiger partial charge in [-0.05, 0) is 5.83 Å². The van der Waals surface area contributed by atoms with E-state index in [0.29, 0.717) is 0 Å². The quantitative estimate of drug-likeness (QED) is 0.157. The van der Waals surface area contributed by atoms with Crippen LogP contribution in [0.25, 0.3) is 21.5 Å². The molecule has 0 atom stereocenters. The van der Waals surface area contributed by atoms with Crippen LogP contribution in [0.2, 0.25) is 0 Å². The van der Waals surface area contributed by atoms with E-state index in [4.69, 9.17) is 0 Å². The Morgan fingerprint density at radius 3 is 1.35 bits per heavy atom. The van der Waals surface area contributed by atoms with Gasteiger partial charge in [0.25, 0.3) is 0 Å². The zero-order chi connectivity index (χ0) is 16.2. The second-order valence-electron chi connectivity index (χ2n) is 4.31. The van der Waals surface area contributed by atoms with Crippen LogP contribution in [0.1, 0.15) is 0 Å². The molecule has 0 fully saturated rings. The molecular weight excluding hydrogens is 423 g/mol. The van der Waals surface area contributed by atoms with E-state index in [1.165, 1.54) is 21.5 Å². The van der Waals surface area contributed by atoms with E-state index >= 15 is 0 Å². The summed E-state index contributed by atoms with van der Waals surface area (Å²) in [6, 6.07) is 29.3. The molecule has 116 valence electrons. The fraction of sp³-hybridized carbons (Fsp3) is 0.0476. The van der Waals surface area contributed by atoms with Crippen molar-refractivity contribution in [1.82, 2.24) is 0 Å². The van der Waals surface area contributed by atoms with E-state index in [1.807, 2.05) is 5.83 Å². The zero-order valence-electron chi connectivity index (χ0n) is 13.4. The molecule has 4 aromatic rings. The molecular formula is C21H21BrZr. The zero-order valence-corrected chi connectivity index (χ0v) is 17.4. The predicted octanol–water partition coefficient (Wildman–Crippen LogP) is 6.93. The smallest absolute Gasteiger partial charge is 0.168 e. The predicted molar refractivity (Wildman–Crippen MR) is 105 cm³/mol. The van der Waals surface area contributed by atoms with Crippen molar-refractivity contribution in [1.29, 1.82) is 0 Å². The van der Waals surface area contributed by atoms with Gasteiger partial charge in [-0.25, -0.2) is 0 Å². The first kappa shape index (κ1) is 21.8. The molecule has 0 aromatic heterocycles. The number of alkyl halides is 1. The molecule has 2 heteroatoms. The number of benzene rings is 2. The molecule has 0 amide bonds. The first-order chi connectivity index (χ1) is 10.9. The van der Waals surface area contributed by atoms with E-state index in [-0.39, 0.29) is 26.2 Å². The molecule has 4 aromatic carbocycles. The number of fused-ring (bicyclic) bond motifs is 2. The summed E-state index contributed by atoms with van der Waals surface area (Å²) in [6.07, 6.45) is 0. The van der Waals surface area contributed by atoms with Crippen molar-refractivity contribution in [2.24, 2.45) is 0 Å². The molecule has 0 nitrogen and oxygen atoms in total. The molecule has 0 aliphatic rings. The summed E-state index contributed by atoms with van der Waals surface area (Å²) < 4.78 is 0. The number of rotatable bonds is 0. The van der Waals surface area contributed by atoms with Crippen LogP contribution >= 0.6 is 15.9 Å². The minimum Gasteiger partial charge on any atom is -0.168 e. The van der Waals surface area contributed by atoms with E-state index in [1.54, 1.807) is 0 Å². The Morgan fingerprint density at radius 1 is 0.652 bits per heavy atom. The van der Waals surface area contributed by atoms with Gasteiger partial charge in [0.15, 0.2) is 0 Å². The Labute approximate surface area is 166 Å². The minimum absolute atomic E-state index is 0. The van der Waals surface area contributed by atoms with Crippen LogP contribution in [-0.4, -0.2) is 5.83 Å². The number of hydrogen-bond acceptors (Lipinski definition) is 0. The van der Waals surface area contributed by atoms with Crippen LogP contribution in [0, 0.1) is 0 Å². The average molecular weight is 445 g/mol. The summed E-state index contributed by atoms with van der Waals surface area (Å²) in [6.45, 7) is 6.00. The minimum atomic E-state index is 0. The van der Waals surface area contributed by atoms with Crippen molar-refractivity contribution in [3.63, 3.8) is 0 Å². The first-order valence-corrected chi connectivity index (χ1v) is 8.61. The monoisotopic (exact) mass is 442 g/mol.